The number of para-hydroxylation sites is 2. The molecule has 0 spiro atoms. The predicted octanol–water partition coefficient (Wildman–Crippen LogP) is 3.42. The zero-order valence-corrected chi connectivity index (χ0v) is 19.2. The van der Waals surface area contributed by atoms with E-state index in [9.17, 15) is 4.79 Å². The molecule has 2 aromatic heterocycles. The lowest BCUT2D eigenvalue weighted by atomic mass is 10.1. The number of rotatable bonds is 9. The van der Waals surface area contributed by atoms with E-state index in [2.05, 4.69) is 20.4 Å². The number of methoxy groups -OCH3 is 3. The lowest BCUT2D eigenvalue weighted by Crippen LogP contribution is -2.24. The zero-order chi connectivity index (χ0) is 23.9. The number of amides is 1. The molecule has 34 heavy (non-hydrogen) atoms. The van der Waals surface area contributed by atoms with Crippen LogP contribution < -0.4 is 14.8 Å². The number of benzene rings is 2. The Hall–Kier alpha value is -4.24. The molecule has 9 heteroatoms. The van der Waals surface area contributed by atoms with E-state index < -0.39 is 0 Å². The summed E-state index contributed by atoms with van der Waals surface area (Å²) in [4.78, 5) is 22.0. The molecule has 0 unspecified atom stereocenters. The van der Waals surface area contributed by atoms with Gasteiger partial charge in [0.15, 0.2) is 0 Å². The molecule has 0 saturated carbocycles. The first-order chi connectivity index (χ1) is 16.7. The minimum Gasteiger partial charge on any atom is -0.496 e. The molecule has 0 radical (unpaired) electrons. The average Bonchev–Trinajstić information content (AvgIpc) is 3.31. The van der Waals surface area contributed by atoms with E-state index in [1.807, 2.05) is 48.5 Å². The molecule has 0 fully saturated rings. The Bertz CT molecular complexity index is 1290. The summed E-state index contributed by atoms with van der Waals surface area (Å²) in [5, 5.41) is 7.31. The van der Waals surface area contributed by atoms with Crippen molar-refractivity contribution in [2.75, 3.05) is 21.3 Å². The van der Waals surface area contributed by atoms with Crippen molar-refractivity contribution in [3.05, 3.63) is 83.8 Å². The van der Waals surface area contributed by atoms with Crippen LogP contribution in [0.5, 0.6) is 11.5 Å². The summed E-state index contributed by atoms with van der Waals surface area (Å²) >= 11 is 0. The Kier molecular flexibility index (Phi) is 7.14. The summed E-state index contributed by atoms with van der Waals surface area (Å²) in [7, 11) is 4.77. The fraction of sp³-hybridized carbons (Fsp3) is 0.200. The summed E-state index contributed by atoms with van der Waals surface area (Å²) < 4.78 is 17.7. The van der Waals surface area contributed by atoms with Crippen LogP contribution in [-0.4, -0.2) is 47.0 Å². The van der Waals surface area contributed by atoms with E-state index >= 15 is 0 Å². The standard InChI is InChI=1S/C25H25N5O4/c1-32-16-21-19(24(31)27-14-17-8-4-6-10-22(17)33-2)15-28-30(21)25-26-13-12-20(29-25)18-9-5-7-11-23(18)34-3/h4-13,15H,14,16H2,1-3H3,(H,27,31). The molecule has 0 bridgehead atoms. The molecule has 4 rings (SSSR count). The van der Waals surface area contributed by atoms with Gasteiger partial charge in [-0.25, -0.2) is 9.97 Å². The number of carbonyl (C=O) groups excluding carboxylic acids is 1. The highest BCUT2D eigenvalue weighted by atomic mass is 16.5. The summed E-state index contributed by atoms with van der Waals surface area (Å²) in [6.45, 7) is 0.458. The van der Waals surface area contributed by atoms with Crippen LogP contribution in [0.1, 0.15) is 21.6 Å². The summed E-state index contributed by atoms with van der Waals surface area (Å²) in [6.07, 6.45) is 3.13. The molecule has 2 heterocycles. The van der Waals surface area contributed by atoms with Crippen molar-refractivity contribution in [2.45, 2.75) is 13.2 Å². The first-order valence-corrected chi connectivity index (χ1v) is 10.6. The second kappa shape index (κ2) is 10.6. The van der Waals surface area contributed by atoms with Crippen LogP contribution in [0.15, 0.2) is 67.0 Å². The Morgan fingerprint density at radius 3 is 2.47 bits per heavy atom. The van der Waals surface area contributed by atoms with E-state index in [4.69, 9.17) is 14.2 Å². The Labute approximate surface area is 197 Å². The van der Waals surface area contributed by atoms with Crippen molar-refractivity contribution in [1.29, 1.82) is 0 Å². The van der Waals surface area contributed by atoms with Gasteiger partial charge >= 0.3 is 0 Å². The Morgan fingerprint density at radius 2 is 1.71 bits per heavy atom. The van der Waals surface area contributed by atoms with Gasteiger partial charge in [-0.3, -0.25) is 4.79 Å². The maximum absolute atomic E-state index is 13.0. The van der Waals surface area contributed by atoms with E-state index in [0.717, 1.165) is 11.1 Å². The topological polar surface area (TPSA) is 100 Å². The fourth-order valence-corrected chi connectivity index (χ4v) is 3.59. The molecule has 2 aromatic carbocycles. The highest BCUT2D eigenvalue weighted by Gasteiger charge is 2.20. The SMILES string of the molecule is COCc1c(C(=O)NCc2ccccc2OC)cnn1-c1nccc(-c2ccccc2OC)n1. The maximum atomic E-state index is 13.0. The van der Waals surface area contributed by atoms with Gasteiger partial charge in [-0.2, -0.15) is 9.78 Å². The van der Waals surface area contributed by atoms with E-state index in [1.54, 1.807) is 33.6 Å². The predicted molar refractivity (Wildman–Crippen MR) is 126 cm³/mol. The smallest absolute Gasteiger partial charge is 0.255 e. The van der Waals surface area contributed by atoms with E-state index in [1.165, 1.54) is 10.9 Å². The summed E-state index contributed by atoms with van der Waals surface area (Å²) in [5.74, 6) is 1.43. The van der Waals surface area contributed by atoms with Crippen LogP contribution in [0.2, 0.25) is 0 Å². The van der Waals surface area contributed by atoms with E-state index in [-0.39, 0.29) is 12.5 Å². The van der Waals surface area contributed by atoms with Crippen molar-refractivity contribution < 1.29 is 19.0 Å². The van der Waals surface area contributed by atoms with Crippen molar-refractivity contribution in [1.82, 2.24) is 25.1 Å². The molecule has 0 saturated heterocycles. The minimum atomic E-state index is -0.287. The summed E-state index contributed by atoms with van der Waals surface area (Å²) in [6, 6.07) is 16.9. The van der Waals surface area contributed by atoms with Gasteiger partial charge in [0.25, 0.3) is 11.9 Å². The Morgan fingerprint density at radius 1 is 0.971 bits per heavy atom. The largest absolute Gasteiger partial charge is 0.496 e. The second-order valence-electron chi connectivity index (χ2n) is 7.29. The number of nitrogens with one attached hydrogen (secondary N) is 1. The minimum absolute atomic E-state index is 0.152. The molecular formula is C25H25N5O4. The first-order valence-electron chi connectivity index (χ1n) is 10.6. The van der Waals surface area contributed by atoms with Crippen LogP contribution >= 0.6 is 0 Å². The molecule has 0 atom stereocenters. The van der Waals surface area contributed by atoms with Crippen molar-refractivity contribution >= 4 is 5.91 Å². The fourth-order valence-electron chi connectivity index (χ4n) is 3.59. The molecule has 0 aliphatic carbocycles. The molecule has 0 aliphatic heterocycles. The van der Waals surface area contributed by atoms with Gasteiger partial charge in [0.05, 0.1) is 44.0 Å². The highest BCUT2D eigenvalue weighted by Crippen LogP contribution is 2.28. The number of hydrogen-bond donors (Lipinski definition) is 1. The number of nitrogens with zero attached hydrogens (tertiary/aromatic N) is 4. The van der Waals surface area contributed by atoms with Crippen LogP contribution in [-0.2, 0) is 17.9 Å². The third-order valence-corrected chi connectivity index (χ3v) is 5.24. The van der Waals surface area contributed by atoms with Gasteiger partial charge in [-0.05, 0) is 24.3 Å². The molecule has 0 aliphatic rings. The first kappa shape index (κ1) is 22.9. The number of aromatic nitrogens is 4. The van der Waals surface area contributed by atoms with Crippen LogP contribution in [0, 0.1) is 0 Å². The number of hydrogen-bond acceptors (Lipinski definition) is 7. The van der Waals surface area contributed by atoms with E-state index in [0.29, 0.717) is 40.9 Å². The van der Waals surface area contributed by atoms with Crippen LogP contribution in [0.25, 0.3) is 17.2 Å². The van der Waals surface area contributed by atoms with Gasteiger partial charge in [-0.15, -0.1) is 0 Å². The van der Waals surface area contributed by atoms with Gasteiger partial charge in [-0.1, -0.05) is 30.3 Å². The molecular weight excluding hydrogens is 434 g/mol. The third-order valence-electron chi connectivity index (χ3n) is 5.24. The summed E-state index contributed by atoms with van der Waals surface area (Å²) in [5.41, 5.74) is 3.28. The van der Waals surface area contributed by atoms with Crippen LogP contribution in [0.4, 0.5) is 0 Å². The number of carbonyl (C=O) groups is 1. The van der Waals surface area contributed by atoms with Gasteiger partial charge in [0, 0.05) is 31.0 Å². The third kappa shape index (κ3) is 4.74. The molecule has 4 aromatic rings. The normalized spacial score (nSPS) is 10.7. The molecule has 1 amide bonds. The lowest BCUT2D eigenvalue weighted by molar-refractivity contribution is 0.0945. The van der Waals surface area contributed by atoms with Crippen molar-refractivity contribution in [3.8, 4) is 28.7 Å². The van der Waals surface area contributed by atoms with Gasteiger partial charge < -0.3 is 19.5 Å². The average molecular weight is 460 g/mol. The lowest BCUT2D eigenvalue weighted by Gasteiger charge is -2.11. The molecule has 174 valence electrons. The molecule has 1 N–H and O–H groups in total. The van der Waals surface area contributed by atoms with Crippen molar-refractivity contribution in [3.63, 3.8) is 0 Å². The highest BCUT2D eigenvalue weighted by molar-refractivity contribution is 5.95. The van der Waals surface area contributed by atoms with Gasteiger partial charge in [0.2, 0.25) is 0 Å². The zero-order valence-electron chi connectivity index (χ0n) is 19.2. The number of ether oxygens (including phenoxy) is 3. The van der Waals surface area contributed by atoms with Gasteiger partial charge in [0.1, 0.15) is 11.5 Å². The van der Waals surface area contributed by atoms with Crippen LogP contribution in [0.3, 0.4) is 0 Å². The monoisotopic (exact) mass is 459 g/mol. The quantitative estimate of drug-likeness (QED) is 0.409. The second-order valence-corrected chi connectivity index (χ2v) is 7.29. The maximum Gasteiger partial charge on any atom is 0.255 e. The Balaban J connectivity index is 1.63. The van der Waals surface area contributed by atoms with Crippen molar-refractivity contribution in [2.24, 2.45) is 0 Å². The molecule has 9 nitrogen and oxygen atoms in total.